The number of sulfone groups is 1. The second-order valence-corrected chi connectivity index (χ2v) is 9.49. The third-order valence-corrected chi connectivity index (χ3v) is 6.45. The second-order valence-electron chi connectivity index (χ2n) is 7.07. The average molecular weight is 476 g/mol. The monoisotopic (exact) mass is 475 g/mol. The van der Waals surface area contributed by atoms with E-state index in [1.165, 1.54) is 30.5 Å². The van der Waals surface area contributed by atoms with E-state index in [0.717, 1.165) is 10.2 Å². The lowest BCUT2D eigenvalue weighted by molar-refractivity contribution is -0.120. The molecule has 0 aliphatic rings. The molecule has 1 aromatic carbocycles. The Morgan fingerprint density at radius 1 is 1.19 bits per heavy atom. The van der Waals surface area contributed by atoms with E-state index in [4.69, 9.17) is 17.3 Å². The number of nitrogens with one attached hydrogen (secondary N) is 2. The quantitative estimate of drug-likeness (QED) is 0.450. The topological polar surface area (TPSA) is 136 Å². The summed E-state index contributed by atoms with van der Waals surface area (Å²) in [7, 11) is -3.70. The van der Waals surface area contributed by atoms with Crippen LogP contribution in [0.5, 0.6) is 0 Å². The minimum Gasteiger partial charge on any atom is -0.384 e. The number of aromatic nitrogens is 2. The Labute approximate surface area is 190 Å². The maximum Gasteiger partial charge on any atom is 0.272 e. The number of benzene rings is 1. The van der Waals surface area contributed by atoms with Crippen LogP contribution in [0.15, 0.2) is 64.5 Å². The highest BCUT2D eigenvalue weighted by atomic mass is 35.5. The Balaban J connectivity index is 1.69. The normalized spacial score (nSPS) is 11.2. The van der Waals surface area contributed by atoms with Gasteiger partial charge < -0.3 is 16.5 Å². The molecule has 0 spiro atoms. The van der Waals surface area contributed by atoms with E-state index >= 15 is 0 Å². The van der Waals surface area contributed by atoms with E-state index < -0.39 is 21.3 Å². The van der Waals surface area contributed by atoms with E-state index in [0.29, 0.717) is 16.4 Å². The number of carbonyl (C=O) groups is 1. The number of nitrogens with two attached hydrogens (primary N) is 1. The first kappa shape index (κ1) is 23.3. The van der Waals surface area contributed by atoms with Gasteiger partial charge in [0, 0.05) is 29.5 Å². The second kappa shape index (κ2) is 9.84. The molecule has 3 aromatic rings. The largest absolute Gasteiger partial charge is 0.384 e. The highest BCUT2D eigenvalue weighted by Gasteiger charge is 2.16. The number of anilines is 1. The molecular formula is C21H22ClN5O4S. The van der Waals surface area contributed by atoms with Crippen molar-refractivity contribution in [2.24, 2.45) is 0 Å². The lowest BCUT2D eigenvalue weighted by Gasteiger charge is -2.13. The molecule has 2 heterocycles. The summed E-state index contributed by atoms with van der Waals surface area (Å²) in [5, 5.41) is 3.15. The van der Waals surface area contributed by atoms with Gasteiger partial charge in [-0.25, -0.2) is 18.1 Å². The van der Waals surface area contributed by atoms with E-state index in [-0.39, 0.29) is 29.3 Å². The summed E-state index contributed by atoms with van der Waals surface area (Å²) in [6.45, 7) is 1.95. The van der Waals surface area contributed by atoms with Crippen molar-refractivity contribution in [3.05, 3.63) is 86.9 Å². The van der Waals surface area contributed by atoms with Gasteiger partial charge in [-0.3, -0.25) is 9.59 Å². The highest BCUT2D eigenvalue weighted by Crippen LogP contribution is 2.15. The number of halogens is 1. The molecule has 0 saturated heterocycles. The molecule has 0 atom stereocenters. The highest BCUT2D eigenvalue weighted by molar-refractivity contribution is 7.91. The fourth-order valence-electron chi connectivity index (χ4n) is 2.92. The lowest BCUT2D eigenvalue weighted by atomic mass is 10.1. The number of carbonyl (C=O) groups excluding carboxylic acids is 1. The Morgan fingerprint density at radius 2 is 1.91 bits per heavy atom. The zero-order valence-electron chi connectivity index (χ0n) is 17.2. The first-order chi connectivity index (χ1) is 15.2. The van der Waals surface area contributed by atoms with Crippen LogP contribution < -0.4 is 22.0 Å². The molecule has 9 nitrogen and oxygen atoms in total. The molecule has 2 aromatic heterocycles. The van der Waals surface area contributed by atoms with E-state index in [1.807, 2.05) is 0 Å². The summed E-state index contributed by atoms with van der Waals surface area (Å²) in [6, 6.07) is 10.7. The Bertz CT molecular complexity index is 1290. The number of hydrogen-bond donors (Lipinski definition) is 3. The molecule has 0 saturated carbocycles. The lowest BCUT2D eigenvalue weighted by Crippen LogP contribution is -2.36. The average Bonchev–Trinajstić information content (AvgIpc) is 2.75. The van der Waals surface area contributed by atoms with Crippen LogP contribution in [-0.2, 0) is 27.6 Å². The van der Waals surface area contributed by atoms with Crippen LogP contribution in [0.25, 0.3) is 0 Å². The van der Waals surface area contributed by atoms with Gasteiger partial charge in [0.05, 0.1) is 11.3 Å². The molecule has 11 heteroatoms. The van der Waals surface area contributed by atoms with Crippen molar-refractivity contribution in [2.45, 2.75) is 24.8 Å². The van der Waals surface area contributed by atoms with Crippen molar-refractivity contribution >= 4 is 33.2 Å². The molecule has 0 aliphatic heterocycles. The van der Waals surface area contributed by atoms with E-state index in [1.54, 1.807) is 31.3 Å². The van der Waals surface area contributed by atoms with Crippen LogP contribution in [0.3, 0.4) is 0 Å². The molecule has 1 amide bonds. The molecule has 3 rings (SSSR count). The van der Waals surface area contributed by atoms with Crippen molar-refractivity contribution in [3.63, 3.8) is 0 Å². The molecule has 0 bridgehead atoms. The summed E-state index contributed by atoms with van der Waals surface area (Å²) in [4.78, 5) is 29.2. The van der Waals surface area contributed by atoms with Gasteiger partial charge in [-0.15, -0.1) is 0 Å². The van der Waals surface area contributed by atoms with Crippen molar-refractivity contribution in [1.82, 2.24) is 15.0 Å². The van der Waals surface area contributed by atoms with Crippen LogP contribution in [0.1, 0.15) is 16.7 Å². The number of amides is 1. The third kappa shape index (κ3) is 5.86. The third-order valence-electron chi connectivity index (χ3n) is 4.70. The van der Waals surface area contributed by atoms with Gasteiger partial charge in [0.15, 0.2) is 9.84 Å². The van der Waals surface area contributed by atoms with E-state index in [2.05, 4.69) is 15.7 Å². The molecule has 0 aliphatic carbocycles. The van der Waals surface area contributed by atoms with Crippen molar-refractivity contribution < 1.29 is 13.2 Å². The molecule has 0 unspecified atom stereocenters. The summed E-state index contributed by atoms with van der Waals surface area (Å²) in [6.07, 6.45) is 2.81. The first-order valence-electron chi connectivity index (χ1n) is 9.56. The smallest absolute Gasteiger partial charge is 0.272 e. The van der Waals surface area contributed by atoms with Crippen LogP contribution in [0.2, 0.25) is 5.02 Å². The molecule has 0 fully saturated rings. The summed E-state index contributed by atoms with van der Waals surface area (Å²) in [5.74, 6) is -0.516. The minimum absolute atomic E-state index is 0.0749. The van der Waals surface area contributed by atoms with Crippen LogP contribution in [0, 0.1) is 6.92 Å². The zero-order chi connectivity index (χ0) is 23.3. The number of aryl methyl sites for hydroxylation is 1. The predicted octanol–water partition coefficient (Wildman–Crippen LogP) is 1.62. The summed E-state index contributed by atoms with van der Waals surface area (Å²) >= 11 is 5.80. The first-order valence-corrected chi connectivity index (χ1v) is 11.6. The molecule has 168 valence electrons. The van der Waals surface area contributed by atoms with Gasteiger partial charge >= 0.3 is 0 Å². The number of rotatable bonds is 8. The van der Waals surface area contributed by atoms with Crippen molar-refractivity contribution in [3.8, 4) is 0 Å². The molecule has 0 radical (unpaired) electrons. The number of pyridine rings is 2. The molecule has 32 heavy (non-hydrogen) atoms. The maximum absolute atomic E-state index is 12.8. The van der Waals surface area contributed by atoms with Crippen LogP contribution >= 0.6 is 11.6 Å². The SMILES string of the molecule is Cc1ccn(NCS(=O)(=O)c2ccc(Cl)cc2)c(=O)c1CC(=O)NCc1ccnc(N)c1. The molecular weight excluding hydrogens is 454 g/mol. The van der Waals surface area contributed by atoms with Gasteiger partial charge in [0.1, 0.15) is 11.7 Å². The Kier molecular flexibility index (Phi) is 7.16. The van der Waals surface area contributed by atoms with Gasteiger partial charge in [-0.05, 0) is 60.5 Å². The fourth-order valence-corrected chi connectivity index (χ4v) is 4.07. The summed E-state index contributed by atoms with van der Waals surface area (Å²) in [5.41, 5.74) is 9.39. The maximum atomic E-state index is 12.8. The molecule has 4 N–H and O–H groups in total. The van der Waals surface area contributed by atoms with E-state index in [9.17, 15) is 18.0 Å². The number of nitrogens with zero attached hydrogens (tertiary/aromatic N) is 2. The van der Waals surface area contributed by atoms with Gasteiger partial charge in [-0.1, -0.05) is 11.6 Å². The summed E-state index contributed by atoms with van der Waals surface area (Å²) < 4.78 is 26.1. The fraction of sp³-hybridized carbons (Fsp3) is 0.190. The zero-order valence-corrected chi connectivity index (χ0v) is 18.8. The van der Waals surface area contributed by atoms with Gasteiger partial charge in [0.2, 0.25) is 5.91 Å². The standard InChI is InChI=1S/C21H22ClN5O4S/c1-14-7-9-27(26-13-32(30,31)17-4-2-16(22)3-5-17)21(29)18(14)11-20(28)25-12-15-6-8-24-19(23)10-15/h2-10,26H,11-13H2,1H3,(H2,23,24)(H,25,28). The van der Waals surface area contributed by atoms with Crippen LogP contribution in [-0.4, -0.2) is 29.9 Å². The number of hydrogen-bond acceptors (Lipinski definition) is 7. The predicted molar refractivity (Wildman–Crippen MR) is 123 cm³/mol. The number of nitrogen functional groups attached to an aromatic ring is 1. The minimum atomic E-state index is -3.70. The van der Waals surface area contributed by atoms with Crippen LogP contribution in [0.4, 0.5) is 5.82 Å². The Morgan fingerprint density at radius 3 is 2.59 bits per heavy atom. The van der Waals surface area contributed by atoms with Crippen molar-refractivity contribution in [1.29, 1.82) is 0 Å². The Hall–Kier alpha value is -3.37. The van der Waals surface area contributed by atoms with Gasteiger partial charge in [0.25, 0.3) is 5.56 Å². The van der Waals surface area contributed by atoms with Crippen molar-refractivity contribution in [2.75, 3.05) is 17.0 Å². The van der Waals surface area contributed by atoms with Gasteiger partial charge in [-0.2, -0.15) is 0 Å².